The Morgan fingerprint density at radius 1 is 0.978 bits per heavy atom. The number of benzene rings is 2. The molecule has 4 aromatic heterocycles. The third-order valence-electron chi connectivity index (χ3n) is 6.66. The molecular weight excluding hydrogens is 695 g/mol. The van der Waals surface area contributed by atoms with Gasteiger partial charge in [-0.3, -0.25) is 9.97 Å². The summed E-state index contributed by atoms with van der Waals surface area (Å²) in [4.78, 5) is 22.3. The van der Waals surface area contributed by atoms with Gasteiger partial charge in [0.25, 0.3) is 0 Å². The van der Waals surface area contributed by atoms with E-state index in [0.29, 0.717) is 40.6 Å². The van der Waals surface area contributed by atoms with Crippen LogP contribution in [-0.4, -0.2) is 51.4 Å². The van der Waals surface area contributed by atoms with Gasteiger partial charge >= 0.3 is 0 Å². The molecule has 4 heterocycles. The summed E-state index contributed by atoms with van der Waals surface area (Å²) in [6.07, 6.45) is 5.19. The number of ether oxygens (including phenoxy) is 2. The van der Waals surface area contributed by atoms with Crippen LogP contribution in [0.15, 0.2) is 95.3 Å². The van der Waals surface area contributed by atoms with E-state index in [1.807, 2.05) is 29.6 Å². The Labute approximate surface area is 277 Å². The van der Waals surface area contributed by atoms with E-state index < -0.39 is 10.3 Å². The predicted molar refractivity (Wildman–Crippen MR) is 178 cm³/mol. The van der Waals surface area contributed by atoms with E-state index in [9.17, 15) is 12.8 Å². The van der Waals surface area contributed by atoms with Crippen LogP contribution in [0.25, 0.3) is 22.3 Å². The van der Waals surface area contributed by atoms with Crippen molar-refractivity contribution in [2.45, 2.75) is 13.0 Å². The molecule has 0 aliphatic carbocycles. The first kappa shape index (κ1) is 31.4. The summed E-state index contributed by atoms with van der Waals surface area (Å²) in [7, 11) is -2.44. The zero-order valence-corrected chi connectivity index (χ0v) is 27.1. The van der Waals surface area contributed by atoms with E-state index in [4.69, 9.17) is 14.5 Å². The average molecular weight is 720 g/mol. The van der Waals surface area contributed by atoms with Crippen molar-refractivity contribution in [2.24, 2.45) is 0 Å². The lowest BCUT2D eigenvalue weighted by atomic mass is 10.2. The largest absolute Gasteiger partial charge is 0.488 e. The standard InChI is InChI=1S/C32H24BrFN6O4S2/c33-24-13-22(7-8-29(24)44-16-20-4-3-5-21(34)12-20)39-32-23-14-26(36-15-27(23)37-19-38-32)28-18-45-31(40-28)9-11-43-17-30(46(41)42)25-6-1-2-10-35-25/h1-8,10,12-15,18-19H,9,11,16-17H2,(H,37,38,39). The van der Waals surface area contributed by atoms with Gasteiger partial charge in [0, 0.05) is 29.1 Å². The molecule has 0 unspecified atom stereocenters. The second kappa shape index (κ2) is 14.6. The van der Waals surface area contributed by atoms with Gasteiger partial charge in [-0.2, -0.15) is 8.42 Å². The lowest BCUT2D eigenvalue weighted by Gasteiger charge is -2.12. The summed E-state index contributed by atoms with van der Waals surface area (Å²) >= 11 is 5.03. The number of aromatic nitrogens is 5. The number of fused-ring (bicyclic) bond motifs is 1. The van der Waals surface area contributed by atoms with E-state index in [1.165, 1.54) is 36.0 Å². The Hall–Kier alpha value is -4.63. The number of hydrogen-bond acceptors (Lipinski definition) is 11. The Morgan fingerprint density at radius 2 is 1.89 bits per heavy atom. The Morgan fingerprint density at radius 3 is 2.70 bits per heavy atom. The fourth-order valence-corrected chi connectivity index (χ4v) is 6.16. The summed E-state index contributed by atoms with van der Waals surface area (Å²) in [5, 5.41) is 6.85. The molecule has 14 heteroatoms. The van der Waals surface area contributed by atoms with Gasteiger partial charge in [-0.1, -0.05) is 18.2 Å². The SMILES string of the molecule is O=S(=O)=C(COCCc1nc(-c2cc3c(Nc4ccc(OCc5cccc(F)c5)c(Br)c4)ncnc3cn2)cs1)c1ccccn1. The fraction of sp³-hybridized carbons (Fsp3) is 0.125. The van der Waals surface area contributed by atoms with Gasteiger partial charge in [-0.05, 0) is 70.0 Å². The zero-order chi connectivity index (χ0) is 31.9. The number of nitrogens with one attached hydrogen (secondary N) is 1. The number of halogens is 2. The summed E-state index contributed by atoms with van der Waals surface area (Å²) in [6.45, 7) is 0.447. The molecule has 10 nitrogen and oxygen atoms in total. The molecule has 232 valence electrons. The molecule has 6 aromatic rings. The van der Waals surface area contributed by atoms with Gasteiger partial charge in [0.05, 0.1) is 51.5 Å². The van der Waals surface area contributed by atoms with Crippen molar-refractivity contribution in [3.05, 3.63) is 117 Å². The lowest BCUT2D eigenvalue weighted by Crippen LogP contribution is -2.14. The number of anilines is 2. The average Bonchev–Trinajstić information content (AvgIpc) is 3.54. The van der Waals surface area contributed by atoms with Gasteiger partial charge < -0.3 is 14.8 Å². The van der Waals surface area contributed by atoms with E-state index >= 15 is 0 Å². The second-order valence-corrected chi connectivity index (χ2v) is 12.6. The highest BCUT2D eigenvalue weighted by atomic mass is 79.9. The predicted octanol–water partition coefficient (Wildman–Crippen LogP) is 6.43. The second-order valence-electron chi connectivity index (χ2n) is 9.80. The van der Waals surface area contributed by atoms with Crippen molar-refractivity contribution < 1.29 is 22.3 Å². The van der Waals surface area contributed by atoms with Crippen LogP contribution in [0.1, 0.15) is 16.3 Å². The molecule has 0 spiro atoms. The molecule has 2 aromatic carbocycles. The van der Waals surface area contributed by atoms with Crippen molar-refractivity contribution in [3.8, 4) is 17.1 Å². The Bertz CT molecular complexity index is 2140. The molecule has 0 fully saturated rings. The summed E-state index contributed by atoms with van der Waals surface area (Å²) in [5.74, 6) is 0.901. The van der Waals surface area contributed by atoms with Gasteiger partial charge in [0.2, 0.25) is 10.3 Å². The van der Waals surface area contributed by atoms with E-state index in [-0.39, 0.29) is 30.5 Å². The minimum absolute atomic E-state index is 0.0748. The third kappa shape index (κ3) is 7.77. The minimum atomic E-state index is -2.44. The highest BCUT2D eigenvalue weighted by molar-refractivity contribution is 9.10. The van der Waals surface area contributed by atoms with Gasteiger partial charge in [0.15, 0.2) is 0 Å². The van der Waals surface area contributed by atoms with Crippen LogP contribution in [0.4, 0.5) is 15.9 Å². The molecular formula is C32H24BrFN6O4S2. The highest BCUT2D eigenvalue weighted by Gasteiger charge is 2.13. The number of pyridine rings is 2. The van der Waals surface area contributed by atoms with Crippen molar-refractivity contribution in [2.75, 3.05) is 18.5 Å². The highest BCUT2D eigenvalue weighted by Crippen LogP contribution is 2.32. The normalized spacial score (nSPS) is 11.0. The number of nitrogens with zero attached hydrogens (tertiary/aromatic N) is 5. The van der Waals surface area contributed by atoms with Crippen LogP contribution in [0, 0.1) is 5.82 Å². The summed E-state index contributed by atoms with van der Waals surface area (Å²) < 4.78 is 49.0. The van der Waals surface area contributed by atoms with Crippen LogP contribution in [-0.2, 0) is 28.1 Å². The maximum atomic E-state index is 13.5. The van der Waals surface area contributed by atoms with Gasteiger partial charge in [0.1, 0.15) is 35.2 Å². The van der Waals surface area contributed by atoms with Crippen LogP contribution in [0.3, 0.4) is 0 Å². The van der Waals surface area contributed by atoms with Crippen LogP contribution in [0.2, 0.25) is 0 Å². The molecule has 46 heavy (non-hydrogen) atoms. The van der Waals surface area contributed by atoms with Crippen LogP contribution in [0.5, 0.6) is 5.75 Å². The molecule has 0 radical (unpaired) electrons. The quantitative estimate of drug-likeness (QED) is 0.0859. The van der Waals surface area contributed by atoms with Crippen molar-refractivity contribution >= 4 is 64.8 Å². The van der Waals surface area contributed by atoms with Gasteiger partial charge in [-0.25, -0.2) is 19.3 Å². The first-order chi connectivity index (χ1) is 22.4. The molecule has 0 saturated heterocycles. The van der Waals surface area contributed by atoms with Crippen LogP contribution >= 0.6 is 27.3 Å². The molecule has 6 rings (SSSR count). The number of hydrogen-bond donors (Lipinski definition) is 1. The maximum absolute atomic E-state index is 13.5. The first-order valence-electron chi connectivity index (χ1n) is 13.9. The molecule has 0 saturated carbocycles. The monoisotopic (exact) mass is 718 g/mol. The first-order valence-corrected chi connectivity index (χ1v) is 16.6. The smallest absolute Gasteiger partial charge is 0.221 e. The topological polar surface area (TPSA) is 129 Å². The number of rotatable bonds is 12. The maximum Gasteiger partial charge on any atom is 0.221 e. The van der Waals surface area contributed by atoms with Crippen LogP contribution < -0.4 is 10.1 Å². The molecule has 1 N–H and O–H groups in total. The number of thiazole rings is 1. The molecule has 0 aliphatic rings. The van der Waals surface area contributed by atoms with E-state index in [2.05, 4.69) is 41.2 Å². The van der Waals surface area contributed by atoms with Gasteiger partial charge in [-0.15, -0.1) is 11.3 Å². The molecule has 0 amide bonds. The molecule has 0 atom stereocenters. The van der Waals surface area contributed by atoms with Crippen molar-refractivity contribution in [1.82, 2.24) is 24.9 Å². The molecule has 0 aliphatic heterocycles. The minimum Gasteiger partial charge on any atom is -0.488 e. The van der Waals surface area contributed by atoms with E-state index in [1.54, 1.807) is 36.5 Å². The lowest BCUT2D eigenvalue weighted by molar-refractivity contribution is 0.176. The Balaban J connectivity index is 1.11. The molecule has 0 bridgehead atoms. The third-order valence-corrected chi connectivity index (χ3v) is 8.92. The summed E-state index contributed by atoms with van der Waals surface area (Å²) in [6, 6.07) is 18.8. The van der Waals surface area contributed by atoms with Crippen molar-refractivity contribution in [1.29, 1.82) is 0 Å². The zero-order valence-electron chi connectivity index (χ0n) is 23.9. The summed E-state index contributed by atoms with van der Waals surface area (Å²) in [5.41, 5.74) is 3.88. The fourth-order valence-electron chi connectivity index (χ4n) is 4.42. The Kier molecular flexibility index (Phi) is 9.98. The van der Waals surface area contributed by atoms with E-state index in [0.717, 1.165) is 26.1 Å². The van der Waals surface area contributed by atoms with Crippen molar-refractivity contribution in [3.63, 3.8) is 0 Å².